The zero-order valence-electron chi connectivity index (χ0n) is 9.66. The number of pyridine rings is 1. The third kappa shape index (κ3) is 2.87. The van der Waals surface area contributed by atoms with E-state index in [0.717, 1.165) is 10.0 Å². The fraction of sp³-hybridized carbons (Fsp3) is 0.0769. The van der Waals surface area contributed by atoms with E-state index >= 15 is 0 Å². The molecule has 1 aromatic heterocycles. The SMILES string of the molecule is Cc1ccc(NC(=O)c2ccc(=O)[nH]c2)cc1Br. The molecule has 1 amide bonds. The topological polar surface area (TPSA) is 62.0 Å². The number of rotatable bonds is 2. The van der Waals surface area contributed by atoms with E-state index in [4.69, 9.17) is 0 Å². The number of aryl methyl sites for hydroxylation is 1. The van der Waals surface area contributed by atoms with Gasteiger partial charge in [0.15, 0.2) is 0 Å². The molecule has 0 aliphatic heterocycles. The number of hydrogen-bond acceptors (Lipinski definition) is 2. The summed E-state index contributed by atoms with van der Waals surface area (Å²) in [6, 6.07) is 8.37. The molecule has 5 heteroatoms. The fourth-order valence-electron chi connectivity index (χ4n) is 1.43. The predicted octanol–water partition coefficient (Wildman–Crippen LogP) is 2.70. The molecular formula is C13H11BrN2O2. The molecule has 0 saturated carbocycles. The van der Waals surface area contributed by atoms with E-state index in [1.54, 1.807) is 0 Å². The molecule has 2 N–H and O–H groups in total. The summed E-state index contributed by atoms with van der Waals surface area (Å²) in [5.41, 5.74) is 1.97. The van der Waals surface area contributed by atoms with Crippen LogP contribution >= 0.6 is 15.9 Å². The minimum Gasteiger partial charge on any atom is -0.328 e. The number of amides is 1. The average Bonchev–Trinajstić information content (AvgIpc) is 2.34. The van der Waals surface area contributed by atoms with Crippen molar-refractivity contribution in [2.24, 2.45) is 0 Å². The van der Waals surface area contributed by atoms with Gasteiger partial charge in [-0.25, -0.2) is 0 Å². The van der Waals surface area contributed by atoms with Crippen molar-refractivity contribution in [3.05, 3.63) is 62.5 Å². The lowest BCUT2D eigenvalue weighted by Crippen LogP contribution is -2.14. The summed E-state index contributed by atoms with van der Waals surface area (Å²) in [7, 11) is 0. The van der Waals surface area contributed by atoms with Crippen LogP contribution < -0.4 is 10.9 Å². The van der Waals surface area contributed by atoms with Crippen LogP contribution in [0.2, 0.25) is 0 Å². The molecule has 4 nitrogen and oxygen atoms in total. The maximum Gasteiger partial charge on any atom is 0.257 e. The molecule has 1 aromatic carbocycles. The van der Waals surface area contributed by atoms with Crippen LogP contribution in [0.5, 0.6) is 0 Å². The lowest BCUT2D eigenvalue weighted by atomic mass is 10.2. The second-order valence-electron chi connectivity index (χ2n) is 3.86. The number of anilines is 1. The van der Waals surface area contributed by atoms with Crippen molar-refractivity contribution < 1.29 is 4.79 Å². The van der Waals surface area contributed by atoms with Crippen LogP contribution in [0.25, 0.3) is 0 Å². The smallest absolute Gasteiger partial charge is 0.257 e. The lowest BCUT2D eigenvalue weighted by molar-refractivity contribution is 0.102. The summed E-state index contributed by atoms with van der Waals surface area (Å²) in [6.45, 7) is 1.97. The van der Waals surface area contributed by atoms with E-state index < -0.39 is 0 Å². The zero-order valence-corrected chi connectivity index (χ0v) is 11.2. The van der Waals surface area contributed by atoms with Crippen molar-refractivity contribution in [2.45, 2.75) is 6.92 Å². The van der Waals surface area contributed by atoms with E-state index in [-0.39, 0.29) is 11.5 Å². The first kappa shape index (κ1) is 12.6. The first-order chi connectivity index (χ1) is 8.56. The Morgan fingerprint density at radius 3 is 2.67 bits per heavy atom. The second kappa shape index (κ2) is 5.18. The molecule has 0 spiro atoms. The van der Waals surface area contributed by atoms with Crippen molar-refractivity contribution in [3.63, 3.8) is 0 Å². The van der Waals surface area contributed by atoms with Gasteiger partial charge in [-0.3, -0.25) is 9.59 Å². The van der Waals surface area contributed by atoms with Crippen molar-refractivity contribution in [2.75, 3.05) is 5.32 Å². The molecule has 2 rings (SSSR count). The monoisotopic (exact) mass is 306 g/mol. The van der Waals surface area contributed by atoms with Crippen LogP contribution in [0.3, 0.4) is 0 Å². The second-order valence-corrected chi connectivity index (χ2v) is 4.71. The molecule has 1 heterocycles. The highest BCUT2D eigenvalue weighted by Gasteiger charge is 2.06. The Kier molecular flexibility index (Phi) is 3.62. The Labute approximate surface area is 112 Å². The number of aromatic nitrogens is 1. The van der Waals surface area contributed by atoms with Gasteiger partial charge in [0.25, 0.3) is 5.91 Å². The fourth-order valence-corrected chi connectivity index (χ4v) is 1.80. The summed E-state index contributed by atoms with van der Waals surface area (Å²) in [5, 5.41) is 2.75. The van der Waals surface area contributed by atoms with Crippen LogP contribution in [0.1, 0.15) is 15.9 Å². The molecule has 0 radical (unpaired) electrons. The van der Waals surface area contributed by atoms with Crippen molar-refractivity contribution in [1.29, 1.82) is 0 Å². The highest BCUT2D eigenvalue weighted by molar-refractivity contribution is 9.10. The molecule has 0 unspecified atom stereocenters. The number of nitrogens with one attached hydrogen (secondary N) is 2. The minimum absolute atomic E-state index is 0.232. The molecule has 0 aliphatic rings. The van der Waals surface area contributed by atoms with Gasteiger partial charge in [0, 0.05) is 22.4 Å². The largest absolute Gasteiger partial charge is 0.328 e. The molecule has 2 aromatic rings. The van der Waals surface area contributed by atoms with E-state index in [1.807, 2.05) is 25.1 Å². The maximum atomic E-state index is 11.9. The van der Waals surface area contributed by atoms with E-state index in [0.29, 0.717) is 11.3 Å². The third-order valence-corrected chi connectivity index (χ3v) is 3.33. The average molecular weight is 307 g/mol. The van der Waals surface area contributed by atoms with Gasteiger partial charge in [-0.1, -0.05) is 22.0 Å². The van der Waals surface area contributed by atoms with Crippen LogP contribution in [-0.4, -0.2) is 10.9 Å². The Hall–Kier alpha value is -1.88. The quantitative estimate of drug-likeness (QED) is 0.896. The molecule has 0 fully saturated rings. The molecular weight excluding hydrogens is 296 g/mol. The number of hydrogen-bond donors (Lipinski definition) is 2. The summed E-state index contributed by atoms with van der Waals surface area (Å²) < 4.78 is 0.932. The van der Waals surface area contributed by atoms with Gasteiger partial charge in [-0.05, 0) is 30.7 Å². The molecule has 92 valence electrons. The minimum atomic E-state index is -0.262. The Balaban J connectivity index is 2.18. The Morgan fingerprint density at radius 2 is 2.06 bits per heavy atom. The third-order valence-electron chi connectivity index (χ3n) is 2.48. The molecule has 0 aliphatic carbocycles. The maximum absolute atomic E-state index is 11.9. The number of H-pyrrole nitrogens is 1. The van der Waals surface area contributed by atoms with Crippen molar-refractivity contribution in [3.8, 4) is 0 Å². The van der Waals surface area contributed by atoms with E-state index in [2.05, 4.69) is 26.2 Å². The van der Waals surface area contributed by atoms with Gasteiger partial charge in [-0.2, -0.15) is 0 Å². The van der Waals surface area contributed by atoms with Crippen molar-refractivity contribution in [1.82, 2.24) is 4.98 Å². The first-order valence-corrected chi connectivity index (χ1v) is 6.12. The van der Waals surface area contributed by atoms with Crippen LogP contribution in [0.15, 0.2) is 45.8 Å². The molecule has 0 saturated heterocycles. The van der Waals surface area contributed by atoms with Gasteiger partial charge in [-0.15, -0.1) is 0 Å². The van der Waals surface area contributed by atoms with Gasteiger partial charge >= 0.3 is 0 Å². The summed E-state index contributed by atoms with van der Waals surface area (Å²) in [6.07, 6.45) is 1.39. The van der Waals surface area contributed by atoms with Crippen LogP contribution in [0.4, 0.5) is 5.69 Å². The zero-order chi connectivity index (χ0) is 13.1. The lowest BCUT2D eigenvalue weighted by Gasteiger charge is -2.06. The number of carbonyl (C=O) groups excluding carboxylic acids is 1. The van der Waals surface area contributed by atoms with Gasteiger partial charge in [0.2, 0.25) is 5.56 Å². The van der Waals surface area contributed by atoms with Crippen LogP contribution in [-0.2, 0) is 0 Å². The number of benzene rings is 1. The normalized spacial score (nSPS) is 10.1. The summed E-state index contributed by atoms with van der Waals surface area (Å²) in [5.74, 6) is -0.262. The molecule has 0 bridgehead atoms. The number of aromatic amines is 1. The van der Waals surface area contributed by atoms with Gasteiger partial charge in [0.1, 0.15) is 0 Å². The summed E-state index contributed by atoms with van der Waals surface area (Å²) in [4.78, 5) is 25.2. The van der Waals surface area contributed by atoms with Gasteiger partial charge in [0.05, 0.1) is 5.56 Å². The van der Waals surface area contributed by atoms with Crippen molar-refractivity contribution >= 4 is 27.5 Å². The van der Waals surface area contributed by atoms with E-state index in [9.17, 15) is 9.59 Å². The van der Waals surface area contributed by atoms with Gasteiger partial charge < -0.3 is 10.3 Å². The highest BCUT2D eigenvalue weighted by Crippen LogP contribution is 2.20. The highest BCUT2D eigenvalue weighted by atomic mass is 79.9. The van der Waals surface area contributed by atoms with E-state index in [1.165, 1.54) is 18.3 Å². The first-order valence-electron chi connectivity index (χ1n) is 5.32. The predicted molar refractivity (Wildman–Crippen MR) is 73.9 cm³/mol. The molecule has 0 atom stereocenters. The number of carbonyl (C=O) groups is 1. The standard InChI is InChI=1S/C13H11BrN2O2/c1-8-2-4-10(6-11(8)14)16-13(18)9-3-5-12(17)15-7-9/h2-7H,1H3,(H,15,17)(H,16,18). The molecule has 18 heavy (non-hydrogen) atoms. The van der Waals surface area contributed by atoms with Crippen LogP contribution in [0, 0.1) is 6.92 Å². The Morgan fingerprint density at radius 1 is 1.28 bits per heavy atom. The Bertz CT molecular complexity index is 629. The number of halogens is 1. The summed E-state index contributed by atoms with van der Waals surface area (Å²) >= 11 is 3.40.